The number of carbonyl (C=O) groups is 2. The van der Waals surface area contributed by atoms with Crippen molar-refractivity contribution in [3.8, 4) is 0 Å². The summed E-state index contributed by atoms with van der Waals surface area (Å²) in [7, 11) is 1.78. The van der Waals surface area contributed by atoms with Crippen LogP contribution in [0.1, 0.15) is 33.4 Å². The number of rotatable bonds is 4. The molecule has 1 atom stereocenters. The number of nitrogens with one attached hydrogen (secondary N) is 1. The SMILES string of the molecule is CNc1nc(C)c(C(=O)N2CCN(Cc3ccc(C)cc3)C(=O)[C@H]2C)s1. The number of aromatic nitrogens is 1. The van der Waals surface area contributed by atoms with E-state index in [0.717, 1.165) is 5.56 Å². The maximum absolute atomic E-state index is 12.9. The van der Waals surface area contributed by atoms with Crippen LogP contribution in [0.25, 0.3) is 0 Å². The van der Waals surface area contributed by atoms with Gasteiger partial charge in [0.25, 0.3) is 5.91 Å². The van der Waals surface area contributed by atoms with E-state index in [4.69, 9.17) is 0 Å². The molecule has 1 aromatic carbocycles. The number of anilines is 1. The molecule has 2 amide bonds. The Bertz CT molecular complexity index is 815. The van der Waals surface area contributed by atoms with Crippen molar-refractivity contribution in [2.45, 2.75) is 33.4 Å². The van der Waals surface area contributed by atoms with Gasteiger partial charge < -0.3 is 15.1 Å². The Morgan fingerprint density at radius 3 is 2.58 bits per heavy atom. The Morgan fingerprint density at radius 1 is 1.27 bits per heavy atom. The van der Waals surface area contributed by atoms with Gasteiger partial charge in [-0.3, -0.25) is 9.59 Å². The van der Waals surface area contributed by atoms with Crippen LogP contribution in [0.4, 0.5) is 5.13 Å². The lowest BCUT2D eigenvalue weighted by molar-refractivity contribution is -0.140. The zero-order valence-electron chi connectivity index (χ0n) is 15.6. The summed E-state index contributed by atoms with van der Waals surface area (Å²) in [5.74, 6) is -0.126. The van der Waals surface area contributed by atoms with Crippen LogP contribution in [0.3, 0.4) is 0 Å². The molecule has 0 radical (unpaired) electrons. The van der Waals surface area contributed by atoms with Gasteiger partial charge in [0.2, 0.25) is 5.91 Å². The number of benzene rings is 1. The summed E-state index contributed by atoms with van der Waals surface area (Å²) in [6.07, 6.45) is 0. The van der Waals surface area contributed by atoms with Crippen molar-refractivity contribution < 1.29 is 9.59 Å². The second-order valence-electron chi connectivity index (χ2n) is 6.60. The first-order valence-electron chi connectivity index (χ1n) is 8.71. The Kier molecular flexibility index (Phi) is 5.27. The molecule has 1 aliphatic rings. The molecule has 26 heavy (non-hydrogen) atoms. The molecular formula is C19H24N4O2S. The van der Waals surface area contributed by atoms with Gasteiger partial charge in [-0.05, 0) is 26.3 Å². The largest absolute Gasteiger partial charge is 0.365 e. The first kappa shape index (κ1) is 18.4. The molecule has 0 bridgehead atoms. The zero-order valence-corrected chi connectivity index (χ0v) is 16.4. The molecule has 0 aliphatic carbocycles. The van der Waals surface area contributed by atoms with Gasteiger partial charge in [-0.2, -0.15) is 0 Å². The highest BCUT2D eigenvalue weighted by Crippen LogP contribution is 2.26. The molecule has 0 unspecified atom stereocenters. The smallest absolute Gasteiger partial charge is 0.266 e. The van der Waals surface area contributed by atoms with E-state index < -0.39 is 6.04 Å². The first-order chi connectivity index (χ1) is 12.4. The van der Waals surface area contributed by atoms with Crippen molar-refractivity contribution in [1.29, 1.82) is 0 Å². The van der Waals surface area contributed by atoms with Gasteiger partial charge in [0.05, 0.1) is 5.69 Å². The maximum Gasteiger partial charge on any atom is 0.266 e. The molecular weight excluding hydrogens is 348 g/mol. The molecule has 1 fully saturated rings. The van der Waals surface area contributed by atoms with Gasteiger partial charge in [-0.15, -0.1) is 0 Å². The van der Waals surface area contributed by atoms with Crippen molar-refractivity contribution in [2.24, 2.45) is 0 Å². The summed E-state index contributed by atoms with van der Waals surface area (Å²) in [5.41, 5.74) is 3.00. The predicted molar refractivity (Wildman–Crippen MR) is 103 cm³/mol. The van der Waals surface area contributed by atoms with Crippen LogP contribution >= 0.6 is 11.3 Å². The van der Waals surface area contributed by atoms with Crippen molar-refractivity contribution in [2.75, 3.05) is 25.5 Å². The van der Waals surface area contributed by atoms with E-state index in [-0.39, 0.29) is 11.8 Å². The molecule has 2 aromatic rings. The molecule has 1 N–H and O–H groups in total. The number of amides is 2. The Hall–Kier alpha value is -2.41. The lowest BCUT2D eigenvalue weighted by atomic mass is 10.1. The van der Waals surface area contributed by atoms with Gasteiger partial charge in [0.1, 0.15) is 10.9 Å². The summed E-state index contributed by atoms with van der Waals surface area (Å²) in [5, 5.41) is 3.68. The first-order valence-corrected chi connectivity index (χ1v) is 9.53. The molecule has 0 saturated carbocycles. The lowest BCUT2D eigenvalue weighted by Crippen LogP contribution is -2.57. The third-order valence-electron chi connectivity index (χ3n) is 4.71. The Balaban J connectivity index is 1.71. The van der Waals surface area contributed by atoms with Gasteiger partial charge in [0, 0.05) is 26.7 Å². The normalized spacial score (nSPS) is 17.5. The van der Waals surface area contributed by atoms with Gasteiger partial charge in [0.15, 0.2) is 5.13 Å². The number of piperazine rings is 1. The molecule has 6 nitrogen and oxygen atoms in total. The average molecular weight is 372 g/mol. The summed E-state index contributed by atoms with van der Waals surface area (Å²) in [6, 6.07) is 7.72. The molecule has 2 heterocycles. The van der Waals surface area contributed by atoms with E-state index in [1.807, 2.05) is 30.9 Å². The quantitative estimate of drug-likeness (QED) is 0.896. The second kappa shape index (κ2) is 7.45. The van der Waals surface area contributed by atoms with E-state index in [1.165, 1.54) is 16.9 Å². The fourth-order valence-electron chi connectivity index (χ4n) is 3.11. The monoisotopic (exact) mass is 372 g/mol. The van der Waals surface area contributed by atoms with Crippen molar-refractivity contribution >= 4 is 28.3 Å². The maximum atomic E-state index is 12.9. The highest BCUT2D eigenvalue weighted by Gasteiger charge is 2.35. The Labute approximate surface area is 157 Å². The number of nitrogens with zero attached hydrogens (tertiary/aromatic N) is 3. The third-order valence-corrected chi connectivity index (χ3v) is 5.87. The van der Waals surface area contributed by atoms with Crippen LogP contribution in [0.2, 0.25) is 0 Å². The summed E-state index contributed by atoms with van der Waals surface area (Å²) in [6.45, 7) is 7.32. The average Bonchev–Trinajstić information content (AvgIpc) is 3.01. The van der Waals surface area contributed by atoms with Crippen LogP contribution in [-0.2, 0) is 11.3 Å². The topological polar surface area (TPSA) is 65.5 Å². The zero-order chi connectivity index (χ0) is 18.8. The summed E-state index contributed by atoms with van der Waals surface area (Å²) < 4.78 is 0. The molecule has 1 saturated heterocycles. The van der Waals surface area contributed by atoms with E-state index in [1.54, 1.807) is 18.9 Å². The Morgan fingerprint density at radius 2 is 1.96 bits per heavy atom. The third kappa shape index (κ3) is 3.58. The van der Waals surface area contributed by atoms with E-state index in [0.29, 0.717) is 35.3 Å². The lowest BCUT2D eigenvalue weighted by Gasteiger charge is -2.39. The standard InChI is InChI=1S/C19H24N4O2S/c1-12-5-7-15(8-6-12)11-22-9-10-23(14(3)17(22)24)18(25)16-13(2)21-19(20-4)26-16/h5-8,14H,9-11H2,1-4H3,(H,20,21)/t14-/m1/s1. The van der Waals surface area contributed by atoms with Gasteiger partial charge >= 0.3 is 0 Å². The number of carbonyl (C=O) groups excluding carboxylic acids is 2. The van der Waals surface area contributed by atoms with Crippen molar-refractivity contribution in [1.82, 2.24) is 14.8 Å². The number of thiazole rings is 1. The number of hydrogen-bond donors (Lipinski definition) is 1. The van der Waals surface area contributed by atoms with Gasteiger partial charge in [-0.25, -0.2) is 4.98 Å². The minimum atomic E-state index is -0.471. The minimum absolute atomic E-state index is 0.0128. The highest BCUT2D eigenvalue weighted by molar-refractivity contribution is 7.17. The molecule has 0 spiro atoms. The summed E-state index contributed by atoms with van der Waals surface area (Å²) >= 11 is 1.33. The van der Waals surface area contributed by atoms with Crippen LogP contribution in [0.5, 0.6) is 0 Å². The van der Waals surface area contributed by atoms with E-state index in [2.05, 4.69) is 22.4 Å². The fraction of sp³-hybridized carbons (Fsp3) is 0.421. The number of aryl methyl sites for hydroxylation is 2. The molecule has 138 valence electrons. The van der Waals surface area contributed by atoms with Crippen molar-refractivity contribution in [3.63, 3.8) is 0 Å². The van der Waals surface area contributed by atoms with Gasteiger partial charge in [-0.1, -0.05) is 41.2 Å². The van der Waals surface area contributed by atoms with Crippen LogP contribution in [0, 0.1) is 13.8 Å². The summed E-state index contributed by atoms with van der Waals surface area (Å²) in [4.78, 5) is 34.1. The molecule has 1 aromatic heterocycles. The highest BCUT2D eigenvalue weighted by atomic mass is 32.1. The molecule has 3 rings (SSSR count). The van der Waals surface area contributed by atoms with E-state index >= 15 is 0 Å². The van der Waals surface area contributed by atoms with Crippen LogP contribution in [0.15, 0.2) is 24.3 Å². The van der Waals surface area contributed by atoms with E-state index in [9.17, 15) is 9.59 Å². The minimum Gasteiger partial charge on any atom is -0.365 e. The van der Waals surface area contributed by atoms with Crippen LogP contribution < -0.4 is 5.32 Å². The fourth-order valence-corrected chi connectivity index (χ4v) is 3.99. The molecule has 7 heteroatoms. The molecule has 1 aliphatic heterocycles. The van der Waals surface area contributed by atoms with Crippen molar-refractivity contribution in [3.05, 3.63) is 46.0 Å². The second-order valence-corrected chi connectivity index (χ2v) is 7.60. The van der Waals surface area contributed by atoms with Crippen LogP contribution in [-0.4, -0.2) is 52.8 Å². The number of hydrogen-bond acceptors (Lipinski definition) is 5. The predicted octanol–water partition coefficient (Wildman–Crippen LogP) is 2.67.